The molecule has 0 aliphatic carbocycles. The summed E-state index contributed by atoms with van der Waals surface area (Å²) >= 11 is 0. The lowest BCUT2D eigenvalue weighted by molar-refractivity contribution is 0.414. The van der Waals surface area contributed by atoms with Gasteiger partial charge in [0.1, 0.15) is 23.2 Å². The van der Waals surface area contributed by atoms with Crippen LogP contribution >= 0.6 is 0 Å². The molecule has 2 rings (SSSR count). The molecule has 0 spiro atoms. The molecule has 1 heterocycles. The molecule has 112 valence electrons. The molecular formula is C16H22N4O. The van der Waals surface area contributed by atoms with E-state index in [1.165, 1.54) is 0 Å². The van der Waals surface area contributed by atoms with E-state index in [2.05, 4.69) is 36.1 Å². The molecule has 3 N–H and O–H groups in total. The first kappa shape index (κ1) is 15.1. The minimum Gasteiger partial charge on any atom is -0.497 e. The first-order valence-corrected chi connectivity index (χ1v) is 6.86. The molecule has 0 atom stereocenters. The van der Waals surface area contributed by atoms with Crippen molar-refractivity contribution >= 4 is 17.3 Å². The highest BCUT2D eigenvalue weighted by atomic mass is 16.5. The van der Waals surface area contributed by atoms with Gasteiger partial charge in [0, 0.05) is 17.2 Å². The van der Waals surface area contributed by atoms with Crippen LogP contribution < -0.4 is 15.8 Å². The van der Waals surface area contributed by atoms with Crippen molar-refractivity contribution in [2.75, 3.05) is 18.2 Å². The van der Waals surface area contributed by atoms with Crippen molar-refractivity contribution in [2.45, 2.75) is 33.1 Å². The molecule has 0 saturated carbocycles. The van der Waals surface area contributed by atoms with Gasteiger partial charge in [0.25, 0.3) is 0 Å². The predicted octanol–water partition coefficient (Wildman–Crippen LogP) is 3.42. The molecule has 2 aromatic rings. The molecule has 21 heavy (non-hydrogen) atoms. The molecule has 1 aromatic heterocycles. The van der Waals surface area contributed by atoms with Crippen LogP contribution in [0.25, 0.3) is 0 Å². The third-order valence-electron chi connectivity index (χ3n) is 3.11. The van der Waals surface area contributed by atoms with E-state index in [9.17, 15) is 0 Å². The number of nitrogens with two attached hydrogens (primary N) is 1. The van der Waals surface area contributed by atoms with Gasteiger partial charge in [0.15, 0.2) is 0 Å². The molecule has 0 unspecified atom stereocenters. The zero-order valence-corrected chi connectivity index (χ0v) is 13.2. The average molecular weight is 286 g/mol. The summed E-state index contributed by atoms with van der Waals surface area (Å²) in [5, 5.41) is 3.29. The van der Waals surface area contributed by atoms with Gasteiger partial charge in [-0.15, -0.1) is 0 Å². The Bertz CT molecular complexity index is 647. The summed E-state index contributed by atoms with van der Waals surface area (Å²) in [6.07, 6.45) is 0. The highest BCUT2D eigenvalue weighted by Gasteiger charge is 2.18. The van der Waals surface area contributed by atoms with Crippen molar-refractivity contribution in [1.82, 2.24) is 9.97 Å². The number of aryl methyl sites for hydroxylation is 1. The Labute approximate surface area is 125 Å². The van der Waals surface area contributed by atoms with Gasteiger partial charge in [-0.25, -0.2) is 9.97 Å². The fraction of sp³-hybridized carbons (Fsp3) is 0.375. The quantitative estimate of drug-likeness (QED) is 0.904. The molecule has 0 amide bonds. The van der Waals surface area contributed by atoms with E-state index in [-0.39, 0.29) is 5.41 Å². The Morgan fingerprint density at radius 3 is 2.43 bits per heavy atom. The van der Waals surface area contributed by atoms with Crippen LogP contribution in [-0.2, 0) is 5.41 Å². The van der Waals surface area contributed by atoms with Crippen molar-refractivity contribution in [3.05, 3.63) is 35.7 Å². The SMILES string of the molecule is COc1ccc(Nc2cc(N)nc(C(C)(C)C)n2)c(C)c1. The lowest BCUT2D eigenvalue weighted by Gasteiger charge is -2.18. The van der Waals surface area contributed by atoms with E-state index in [1.807, 2.05) is 25.1 Å². The van der Waals surface area contributed by atoms with Crippen molar-refractivity contribution in [3.8, 4) is 5.75 Å². The Hall–Kier alpha value is -2.30. The second-order valence-electron chi connectivity index (χ2n) is 6.06. The van der Waals surface area contributed by atoms with Crippen LogP contribution in [0.3, 0.4) is 0 Å². The first-order valence-electron chi connectivity index (χ1n) is 6.86. The second-order valence-corrected chi connectivity index (χ2v) is 6.06. The summed E-state index contributed by atoms with van der Waals surface area (Å²) in [6.45, 7) is 8.19. The van der Waals surface area contributed by atoms with Crippen molar-refractivity contribution in [3.63, 3.8) is 0 Å². The van der Waals surface area contributed by atoms with E-state index in [0.29, 0.717) is 11.6 Å². The summed E-state index contributed by atoms with van der Waals surface area (Å²) in [6, 6.07) is 7.57. The summed E-state index contributed by atoms with van der Waals surface area (Å²) < 4.78 is 5.21. The van der Waals surface area contributed by atoms with Gasteiger partial charge in [-0.3, -0.25) is 0 Å². The van der Waals surface area contributed by atoms with Crippen LogP contribution in [0, 0.1) is 6.92 Å². The number of nitrogens with one attached hydrogen (secondary N) is 1. The Morgan fingerprint density at radius 1 is 1.14 bits per heavy atom. The fourth-order valence-corrected chi connectivity index (χ4v) is 1.91. The van der Waals surface area contributed by atoms with Gasteiger partial charge < -0.3 is 15.8 Å². The number of benzene rings is 1. The van der Waals surface area contributed by atoms with E-state index in [4.69, 9.17) is 10.5 Å². The number of nitrogen functional groups attached to an aromatic ring is 1. The van der Waals surface area contributed by atoms with Crippen molar-refractivity contribution < 1.29 is 4.74 Å². The first-order chi connectivity index (χ1) is 9.79. The van der Waals surface area contributed by atoms with Gasteiger partial charge in [-0.1, -0.05) is 20.8 Å². The molecule has 0 aliphatic rings. The lowest BCUT2D eigenvalue weighted by atomic mass is 9.96. The zero-order valence-electron chi connectivity index (χ0n) is 13.2. The van der Waals surface area contributed by atoms with Crippen LogP contribution in [0.1, 0.15) is 32.2 Å². The minimum atomic E-state index is -0.152. The number of hydrogen-bond acceptors (Lipinski definition) is 5. The fourth-order valence-electron chi connectivity index (χ4n) is 1.91. The van der Waals surface area contributed by atoms with Gasteiger partial charge >= 0.3 is 0 Å². The Balaban J connectivity index is 2.33. The molecule has 5 heteroatoms. The van der Waals surface area contributed by atoms with E-state index in [1.54, 1.807) is 13.2 Å². The topological polar surface area (TPSA) is 73.1 Å². The van der Waals surface area contributed by atoms with Crippen molar-refractivity contribution in [2.24, 2.45) is 0 Å². The lowest BCUT2D eigenvalue weighted by Crippen LogP contribution is -2.17. The summed E-state index contributed by atoms with van der Waals surface area (Å²) in [5.41, 5.74) is 7.77. The molecule has 1 aromatic carbocycles. The van der Waals surface area contributed by atoms with Crippen molar-refractivity contribution in [1.29, 1.82) is 0 Å². The number of rotatable bonds is 3. The Morgan fingerprint density at radius 2 is 1.86 bits per heavy atom. The smallest absolute Gasteiger partial charge is 0.138 e. The maximum atomic E-state index is 5.88. The van der Waals surface area contributed by atoms with Gasteiger partial charge in [0.2, 0.25) is 0 Å². The largest absolute Gasteiger partial charge is 0.497 e. The third kappa shape index (κ3) is 3.62. The molecule has 0 fully saturated rings. The molecular weight excluding hydrogens is 264 g/mol. The number of aromatic nitrogens is 2. The average Bonchev–Trinajstić information content (AvgIpc) is 2.39. The van der Waals surface area contributed by atoms with Crippen LogP contribution in [0.15, 0.2) is 24.3 Å². The summed E-state index contributed by atoms with van der Waals surface area (Å²) in [7, 11) is 1.66. The Kier molecular flexibility index (Phi) is 4.02. The number of anilines is 3. The van der Waals surface area contributed by atoms with Crippen LogP contribution in [-0.4, -0.2) is 17.1 Å². The number of hydrogen-bond donors (Lipinski definition) is 2. The standard InChI is InChI=1S/C16H22N4O/c1-10-8-11(21-5)6-7-12(10)18-14-9-13(17)19-15(20-14)16(2,3)4/h6-9H,1-5H3,(H3,17,18,19,20). The van der Waals surface area contributed by atoms with Gasteiger partial charge in [-0.05, 0) is 30.7 Å². The maximum Gasteiger partial charge on any atom is 0.138 e. The third-order valence-corrected chi connectivity index (χ3v) is 3.11. The monoisotopic (exact) mass is 286 g/mol. The zero-order chi connectivity index (χ0) is 15.6. The minimum absolute atomic E-state index is 0.152. The van der Waals surface area contributed by atoms with Gasteiger partial charge in [-0.2, -0.15) is 0 Å². The number of methoxy groups -OCH3 is 1. The van der Waals surface area contributed by atoms with E-state index in [0.717, 1.165) is 22.8 Å². The number of nitrogens with zero attached hydrogens (tertiary/aromatic N) is 2. The maximum absolute atomic E-state index is 5.88. The molecule has 0 saturated heterocycles. The molecule has 0 radical (unpaired) electrons. The summed E-state index contributed by atoms with van der Waals surface area (Å²) in [5.74, 6) is 2.70. The predicted molar refractivity (Wildman–Crippen MR) is 86.2 cm³/mol. The summed E-state index contributed by atoms with van der Waals surface area (Å²) in [4.78, 5) is 8.85. The van der Waals surface area contributed by atoms with Gasteiger partial charge in [0.05, 0.1) is 7.11 Å². The molecule has 0 aliphatic heterocycles. The second kappa shape index (κ2) is 5.60. The van der Waals surface area contributed by atoms with Crippen LogP contribution in [0.5, 0.6) is 5.75 Å². The number of ether oxygens (including phenoxy) is 1. The highest BCUT2D eigenvalue weighted by Crippen LogP contribution is 2.26. The van der Waals surface area contributed by atoms with Crippen LogP contribution in [0.2, 0.25) is 0 Å². The molecule has 0 bridgehead atoms. The van der Waals surface area contributed by atoms with E-state index >= 15 is 0 Å². The normalized spacial score (nSPS) is 11.3. The van der Waals surface area contributed by atoms with Crippen LogP contribution in [0.4, 0.5) is 17.3 Å². The highest BCUT2D eigenvalue weighted by molar-refractivity contribution is 5.63. The van der Waals surface area contributed by atoms with E-state index < -0.39 is 0 Å². The molecule has 5 nitrogen and oxygen atoms in total.